The highest BCUT2D eigenvalue weighted by Gasteiger charge is 1.93. The van der Waals surface area contributed by atoms with E-state index in [1.165, 1.54) is 0 Å². The molecule has 0 aliphatic heterocycles. The molecule has 13 heavy (non-hydrogen) atoms. The van der Waals surface area contributed by atoms with Gasteiger partial charge < -0.3 is 14.7 Å². The van der Waals surface area contributed by atoms with Crippen molar-refractivity contribution < 1.29 is 14.7 Å². The first-order valence-electron chi connectivity index (χ1n) is 3.93. The molecule has 0 aromatic heterocycles. The van der Waals surface area contributed by atoms with Gasteiger partial charge in [0.2, 0.25) is 0 Å². The first kappa shape index (κ1) is 10.4. The molecule has 0 aliphatic rings. The lowest BCUT2D eigenvalue weighted by Gasteiger charge is -2.26. The number of hydrogen-bond acceptors (Lipinski definition) is 4. The standard InChI is InChI=1S/C8H9BO3S/c1-2-13-8-5-3-7(4-6-8)12-9(10)11/h3-6H,2H2,1H3/q-2. The van der Waals surface area contributed by atoms with Crippen LogP contribution in [0.25, 0.3) is 0 Å². The smallest absolute Gasteiger partial charge is 0.133 e. The average molecular weight is 196 g/mol. The highest BCUT2D eigenvalue weighted by Crippen LogP contribution is 2.20. The fourth-order valence-electron chi connectivity index (χ4n) is 0.892. The van der Waals surface area contributed by atoms with E-state index in [9.17, 15) is 10.0 Å². The molecule has 1 aromatic carbocycles. The van der Waals surface area contributed by atoms with Crippen molar-refractivity contribution in [3.63, 3.8) is 0 Å². The monoisotopic (exact) mass is 196 g/mol. The van der Waals surface area contributed by atoms with E-state index in [0.29, 0.717) is 5.75 Å². The molecule has 1 aromatic rings. The van der Waals surface area contributed by atoms with Gasteiger partial charge in [-0.15, -0.1) is 11.8 Å². The molecule has 0 amide bonds. The van der Waals surface area contributed by atoms with E-state index in [-0.39, 0.29) is 0 Å². The van der Waals surface area contributed by atoms with E-state index in [1.807, 2.05) is 12.1 Å². The zero-order valence-corrected chi connectivity index (χ0v) is 8.04. The van der Waals surface area contributed by atoms with Crippen LogP contribution in [0.3, 0.4) is 0 Å². The van der Waals surface area contributed by atoms with Crippen molar-refractivity contribution in [3.05, 3.63) is 24.3 Å². The largest absolute Gasteiger partial charge is 0.860 e. The molecule has 0 bridgehead atoms. The van der Waals surface area contributed by atoms with E-state index < -0.39 is 7.32 Å². The third-order valence-corrected chi connectivity index (χ3v) is 2.26. The minimum absolute atomic E-state index is 0.329. The van der Waals surface area contributed by atoms with E-state index in [2.05, 4.69) is 11.6 Å². The Morgan fingerprint density at radius 1 is 1.31 bits per heavy atom. The topological polar surface area (TPSA) is 55.3 Å². The van der Waals surface area contributed by atoms with Crippen LogP contribution in [-0.4, -0.2) is 13.1 Å². The normalized spacial score (nSPS) is 9.77. The van der Waals surface area contributed by atoms with E-state index in [0.717, 1.165) is 10.6 Å². The molecule has 1 rings (SSSR count). The van der Waals surface area contributed by atoms with E-state index in [4.69, 9.17) is 0 Å². The number of rotatable bonds is 4. The molecule has 0 N–H and O–H groups in total. The molecule has 3 nitrogen and oxygen atoms in total. The Morgan fingerprint density at radius 2 is 1.92 bits per heavy atom. The molecule has 5 heteroatoms. The molecule has 0 radical (unpaired) electrons. The Kier molecular flexibility index (Phi) is 4.15. The van der Waals surface area contributed by atoms with Gasteiger partial charge in [-0.05, 0) is 30.0 Å². The summed E-state index contributed by atoms with van der Waals surface area (Å²) in [5.41, 5.74) is 0. The summed E-state index contributed by atoms with van der Waals surface area (Å²) in [6.07, 6.45) is 0. The summed E-state index contributed by atoms with van der Waals surface area (Å²) >= 11 is 1.69. The van der Waals surface area contributed by atoms with Crippen LogP contribution in [0, 0.1) is 0 Å². The van der Waals surface area contributed by atoms with Crippen molar-refractivity contribution in [3.8, 4) is 5.75 Å². The van der Waals surface area contributed by atoms with Crippen LogP contribution in [-0.2, 0) is 0 Å². The second-order valence-electron chi connectivity index (χ2n) is 2.31. The Bertz CT molecular complexity index is 250. The van der Waals surface area contributed by atoms with Gasteiger partial charge in [0.15, 0.2) is 0 Å². The maximum absolute atomic E-state index is 10.1. The third kappa shape index (κ3) is 3.72. The molecule has 0 spiro atoms. The lowest BCUT2D eigenvalue weighted by Crippen LogP contribution is -2.50. The van der Waals surface area contributed by atoms with Crippen LogP contribution in [0.2, 0.25) is 0 Å². The third-order valence-electron chi connectivity index (χ3n) is 1.37. The van der Waals surface area contributed by atoms with E-state index >= 15 is 0 Å². The first-order chi connectivity index (χ1) is 6.22. The zero-order valence-electron chi connectivity index (χ0n) is 7.23. The summed E-state index contributed by atoms with van der Waals surface area (Å²) in [4.78, 5) is 1.10. The minimum atomic E-state index is -2.25. The quantitative estimate of drug-likeness (QED) is 0.497. The Balaban J connectivity index is 2.59. The van der Waals surface area contributed by atoms with Crippen molar-refractivity contribution in [1.82, 2.24) is 0 Å². The zero-order chi connectivity index (χ0) is 9.68. The van der Waals surface area contributed by atoms with Crippen molar-refractivity contribution >= 4 is 19.1 Å². The fourth-order valence-corrected chi connectivity index (χ4v) is 1.55. The highest BCUT2D eigenvalue weighted by molar-refractivity contribution is 7.99. The first-order valence-corrected chi connectivity index (χ1v) is 4.92. The SMILES string of the molecule is CCSc1ccc(OB([O-])[O-])cc1. The van der Waals surface area contributed by atoms with Crippen molar-refractivity contribution in [2.45, 2.75) is 11.8 Å². The van der Waals surface area contributed by atoms with Crippen molar-refractivity contribution in [1.29, 1.82) is 0 Å². The van der Waals surface area contributed by atoms with Crippen LogP contribution in [0.1, 0.15) is 6.92 Å². The summed E-state index contributed by atoms with van der Waals surface area (Å²) in [5, 5.41) is 20.2. The van der Waals surface area contributed by atoms with Gasteiger partial charge >= 0.3 is 0 Å². The van der Waals surface area contributed by atoms with Gasteiger partial charge in [0.05, 0.1) is 5.75 Å². The highest BCUT2D eigenvalue weighted by atomic mass is 32.2. The van der Waals surface area contributed by atoms with Crippen LogP contribution in [0.5, 0.6) is 5.75 Å². The summed E-state index contributed by atoms with van der Waals surface area (Å²) in [6.45, 7) is 2.06. The molecule has 70 valence electrons. The molecule has 0 fully saturated rings. The Labute approximate surface area is 81.9 Å². The van der Waals surface area contributed by atoms with Gasteiger partial charge in [-0.3, -0.25) is 0 Å². The molecule has 0 saturated carbocycles. The predicted molar refractivity (Wildman–Crippen MR) is 49.2 cm³/mol. The van der Waals surface area contributed by atoms with Gasteiger partial charge in [-0.1, -0.05) is 6.92 Å². The second-order valence-corrected chi connectivity index (χ2v) is 3.65. The lowest BCUT2D eigenvalue weighted by molar-refractivity contribution is -0.372. The van der Waals surface area contributed by atoms with Crippen molar-refractivity contribution in [2.24, 2.45) is 0 Å². The van der Waals surface area contributed by atoms with Crippen LogP contribution in [0.4, 0.5) is 0 Å². The van der Waals surface area contributed by atoms with Crippen molar-refractivity contribution in [2.75, 3.05) is 5.75 Å². The second kappa shape index (κ2) is 5.16. The molecule has 0 saturated heterocycles. The Hall–Kier alpha value is -0.645. The molecular formula is C8H9BO3S-2. The lowest BCUT2D eigenvalue weighted by atomic mass is 10.2. The van der Waals surface area contributed by atoms with Gasteiger partial charge in [0, 0.05) is 4.90 Å². The van der Waals surface area contributed by atoms with Gasteiger partial charge in [-0.25, -0.2) is 0 Å². The van der Waals surface area contributed by atoms with E-state index in [1.54, 1.807) is 23.9 Å². The minimum Gasteiger partial charge on any atom is -0.860 e. The van der Waals surface area contributed by atoms with Crippen LogP contribution < -0.4 is 14.7 Å². The summed E-state index contributed by atoms with van der Waals surface area (Å²) in [6, 6.07) is 6.90. The maximum atomic E-state index is 10.1. The van der Waals surface area contributed by atoms with Gasteiger partial charge in [-0.2, -0.15) is 0 Å². The summed E-state index contributed by atoms with van der Waals surface area (Å²) < 4.78 is 4.43. The molecule has 0 unspecified atom stereocenters. The molecule has 0 heterocycles. The predicted octanol–water partition coefficient (Wildman–Crippen LogP) is -0.117. The van der Waals surface area contributed by atoms with Gasteiger partial charge in [0.25, 0.3) is 0 Å². The number of thioether (sulfide) groups is 1. The summed E-state index contributed by atoms with van der Waals surface area (Å²) in [5.74, 6) is 1.32. The maximum Gasteiger partial charge on any atom is 0.133 e. The summed E-state index contributed by atoms with van der Waals surface area (Å²) in [7, 11) is -2.25. The molecular weight excluding hydrogens is 187 g/mol. The number of hydrogen-bond donors (Lipinski definition) is 0. The Morgan fingerprint density at radius 3 is 2.38 bits per heavy atom. The average Bonchev–Trinajstić information content (AvgIpc) is 2.08. The van der Waals surface area contributed by atoms with Gasteiger partial charge in [0.1, 0.15) is 7.32 Å². The molecule has 0 atom stereocenters. The van der Waals surface area contributed by atoms with Crippen LogP contribution in [0.15, 0.2) is 29.2 Å². The number of benzene rings is 1. The van der Waals surface area contributed by atoms with Crippen LogP contribution >= 0.6 is 11.8 Å². The fraction of sp³-hybridized carbons (Fsp3) is 0.250. The molecule has 0 aliphatic carbocycles.